The first-order chi connectivity index (χ1) is 16.8. The van der Waals surface area contributed by atoms with Crippen LogP contribution in [0.1, 0.15) is 15.9 Å². The maximum Gasteiger partial charge on any atom is 0.343 e. The molecule has 1 fully saturated rings. The van der Waals surface area contributed by atoms with Gasteiger partial charge in [0.25, 0.3) is 11.1 Å². The predicted molar refractivity (Wildman–Crippen MR) is 140 cm³/mol. The van der Waals surface area contributed by atoms with Crippen LogP contribution in [0.5, 0.6) is 11.5 Å². The van der Waals surface area contributed by atoms with Crippen LogP contribution in [0.4, 0.5) is 4.79 Å². The van der Waals surface area contributed by atoms with Crippen molar-refractivity contribution in [2.24, 2.45) is 0 Å². The zero-order valence-corrected chi connectivity index (χ0v) is 21.8. The summed E-state index contributed by atoms with van der Waals surface area (Å²) in [7, 11) is 0. The van der Waals surface area contributed by atoms with Crippen LogP contribution in [0.15, 0.2) is 76.1 Å². The Kier molecular flexibility index (Phi) is 8.18. The highest BCUT2D eigenvalue weighted by atomic mass is 79.9. The molecule has 35 heavy (non-hydrogen) atoms. The van der Waals surface area contributed by atoms with Crippen molar-refractivity contribution in [2.45, 2.75) is 0 Å². The highest BCUT2D eigenvalue weighted by molar-refractivity contribution is 9.10. The van der Waals surface area contributed by atoms with Crippen molar-refractivity contribution in [3.8, 4) is 11.5 Å². The molecule has 0 aliphatic carbocycles. The largest absolute Gasteiger partial charge is 0.490 e. The minimum absolute atomic E-state index is 0.0596. The number of hydrogen-bond donors (Lipinski definition) is 0. The fraction of sp³-hybridized carbons (Fsp3) is 0.0800. The molecule has 1 saturated heterocycles. The normalized spacial score (nSPS) is 14.5. The van der Waals surface area contributed by atoms with Crippen LogP contribution in [-0.2, 0) is 4.79 Å². The lowest BCUT2D eigenvalue weighted by Crippen LogP contribution is -2.32. The SMILES string of the molecule is O=C(Oc1ccc(Br)cc1/C=C1\SC(=O)N(CCOc2ccccc2Cl)C1=O)c1ccc(Cl)cc1. The van der Waals surface area contributed by atoms with Gasteiger partial charge in [0.2, 0.25) is 0 Å². The monoisotopic (exact) mass is 591 g/mol. The smallest absolute Gasteiger partial charge is 0.343 e. The van der Waals surface area contributed by atoms with Gasteiger partial charge in [-0.25, -0.2) is 4.79 Å². The standard InChI is InChI=1S/C25H16BrCl2NO5S/c26-17-7-10-20(34-24(31)15-5-8-18(27)9-6-15)16(13-17)14-22-23(30)29(25(32)35-22)11-12-33-21-4-2-1-3-19(21)28/h1-10,13-14H,11-12H2/b22-14-. The average molecular weight is 593 g/mol. The summed E-state index contributed by atoms with van der Waals surface area (Å²) in [5, 5.41) is 0.523. The van der Waals surface area contributed by atoms with Crippen LogP contribution in [-0.4, -0.2) is 35.2 Å². The van der Waals surface area contributed by atoms with Crippen molar-refractivity contribution in [1.29, 1.82) is 0 Å². The first-order valence-corrected chi connectivity index (χ1v) is 12.6. The Hall–Kier alpha value is -2.78. The van der Waals surface area contributed by atoms with Crippen LogP contribution in [0.3, 0.4) is 0 Å². The van der Waals surface area contributed by atoms with Gasteiger partial charge in [-0.3, -0.25) is 14.5 Å². The lowest BCUT2D eigenvalue weighted by Gasteiger charge is -2.13. The molecule has 178 valence electrons. The van der Waals surface area contributed by atoms with E-state index in [1.54, 1.807) is 66.7 Å². The number of imide groups is 1. The number of nitrogens with zero attached hydrogens (tertiary/aromatic N) is 1. The van der Waals surface area contributed by atoms with Gasteiger partial charge in [0.15, 0.2) is 0 Å². The number of halogens is 3. The minimum atomic E-state index is -0.580. The lowest BCUT2D eigenvalue weighted by molar-refractivity contribution is -0.123. The van der Waals surface area contributed by atoms with E-state index < -0.39 is 17.1 Å². The summed E-state index contributed by atoms with van der Waals surface area (Å²) in [6, 6.07) is 18.2. The van der Waals surface area contributed by atoms with Crippen molar-refractivity contribution in [3.05, 3.63) is 97.3 Å². The van der Waals surface area contributed by atoms with Gasteiger partial charge in [-0.1, -0.05) is 51.3 Å². The summed E-state index contributed by atoms with van der Waals surface area (Å²) in [6.07, 6.45) is 1.52. The van der Waals surface area contributed by atoms with E-state index in [1.165, 1.54) is 6.08 Å². The van der Waals surface area contributed by atoms with Crippen LogP contribution in [0.25, 0.3) is 6.08 Å². The Labute approximate surface area is 223 Å². The number of para-hydroxylation sites is 1. The van der Waals surface area contributed by atoms with Crippen LogP contribution in [0.2, 0.25) is 10.0 Å². The number of esters is 1. The Morgan fingerprint density at radius 2 is 1.74 bits per heavy atom. The Bertz CT molecular complexity index is 1330. The second kappa shape index (κ2) is 11.3. The second-order valence-corrected chi connectivity index (χ2v) is 9.94. The number of thioether (sulfide) groups is 1. The molecule has 0 spiro atoms. The molecule has 2 amide bonds. The summed E-state index contributed by atoms with van der Waals surface area (Å²) in [5.74, 6) is -0.332. The maximum absolute atomic E-state index is 12.9. The van der Waals surface area contributed by atoms with Crippen LogP contribution in [0, 0.1) is 0 Å². The zero-order chi connectivity index (χ0) is 24.9. The third-order valence-corrected chi connectivity index (χ3v) is 6.79. The zero-order valence-electron chi connectivity index (χ0n) is 17.9. The molecular formula is C25H16BrCl2NO5S. The molecule has 3 aromatic rings. The van der Waals surface area contributed by atoms with Gasteiger partial charge in [-0.05, 0) is 72.4 Å². The number of hydrogen-bond acceptors (Lipinski definition) is 6. The number of amides is 2. The summed E-state index contributed by atoms with van der Waals surface area (Å²) in [4.78, 5) is 39.3. The highest BCUT2D eigenvalue weighted by Gasteiger charge is 2.35. The summed E-state index contributed by atoms with van der Waals surface area (Å²) < 4.78 is 11.9. The third kappa shape index (κ3) is 6.27. The molecule has 0 N–H and O–H groups in total. The summed E-state index contributed by atoms with van der Waals surface area (Å²) in [6.45, 7) is 0.153. The molecular weight excluding hydrogens is 577 g/mol. The Balaban J connectivity index is 1.48. The molecule has 0 saturated carbocycles. The molecule has 0 bridgehead atoms. The molecule has 1 aliphatic heterocycles. The maximum atomic E-state index is 12.9. The lowest BCUT2D eigenvalue weighted by atomic mass is 10.1. The molecule has 4 rings (SSSR count). The Morgan fingerprint density at radius 1 is 1.00 bits per heavy atom. The van der Waals surface area contributed by atoms with Crippen molar-refractivity contribution in [3.63, 3.8) is 0 Å². The van der Waals surface area contributed by atoms with E-state index in [2.05, 4.69) is 15.9 Å². The van der Waals surface area contributed by atoms with Crippen LogP contribution >= 0.6 is 50.9 Å². The number of carbonyl (C=O) groups is 3. The van der Waals surface area contributed by atoms with Crippen molar-refractivity contribution in [2.75, 3.05) is 13.2 Å². The molecule has 3 aromatic carbocycles. The van der Waals surface area contributed by atoms with Crippen molar-refractivity contribution in [1.82, 2.24) is 4.90 Å². The second-order valence-electron chi connectivity index (χ2n) is 7.19. The number of benzene rings is 3. The van der Waals surface area contributed by atoms with E-state index >= 15 is 0 Å². The van der Waals surface area contributed by atoms with E-state index in [9.17, 15) is 14.4 Å². The van der Waals surface area contributed by atoms with Gasteiger partial charge in [0.05, 0.1) is 22.0 Å². The molecule has 0 radical (unpaired) electrons. The first kappa shape index (κ1) is 25.3. The van der Waals surface area contributed by atoms with Crippen LogP contribution < -0.4 is 9.47 Å². The van der Waals surface area contributed by atoms with Gasteiger partial charge in [-0.2, -0.15) is 0 Å². The topological polar surface area (TPSA) is 72.9 Å². The van der Waals surface area contributed by atoms with Gasteiger partial charge < -0.3 is 9.47 Å². The highest BCUT2D eigenvalue weighted by Crippen LogP contribution is 2.35. The molecule has 6 nitrogen and oxygen atoms in total. The fourth-order valence-electron chi connectivity index (χ4n) is 3.11. The molecule has 1 aliphatic rings. The van der Waals surface area contributed by atoms with E-state index in [0.717, 1.165) is 16.7 Å². The Morgan fingerprint density at radius 3 is 2.49 bits per heavy atom. The van der Waals surface area contributed by atoms with Gasteiger partial charge in [0.1, 0.15) is 18.1 Å². The summed E-state index contributed by atoms with van der Waals surface area (Å²) >= 11 is 16.1. The van der Waals surface area contributed by atoms with Crippen molar-refractivity contribution < 1.29 is 23.9 Å². The number of carbonyl (C=O) groups excluding carboxylic acids is 3. The molecule has 0 unspecified atom stereocenters. The number of rotatable bonds is 7. The molecule has 1 heterocycles. The predicted octanol–water partition coefficient (Wildman–Crippen LogP) is 7.09. The van der Waals surface area contributed by atoms with E-state index in [0.29, 0.717) is 31.4 Å². The minimum Gasteiger partial charge on any atom is -0.490 e. The average Bonchev–Trinajstić information content (AvgIpc) is 3.09. The van der Waals surface area contributed by atoms with Crippen molar-refractivity contribution >= 4 is 74.1 Å². The fourth-order valence-corrected chi connectivity index (χ4v) is 4.66. The van der Waals surface area contributed by atoms with Gasteiger partial charge >= 0.3 is 5.97 Å². The van der Waals surface area contributed by atoms with Gasteiger partial charge in [-0.15, -0.1) is 0 Å². The molecule has 10 heteroatoms. The quantitative estimate of drug-likeness (QED) is 0.166. The molecule has 0 atom stereocenters. The summed E-state index contributed by atoms with van der Waals surface area (Å²) in [5.41, 5.74) is 0.779. The van der Waals surface area contributed by atoms with E-state index in [4.69, 9.17) is 32.7 Å². The first-order valence-electron chi connectivity index (χ1n) is 10.2. The van der Waals surface area contributed by atoms with Gasteiger partial charge in [0, 0.05) is 15.1 Å². The number of ether oxygens (including phenoxy) is 2. The third-order valence-electron chi connectivity index (χ3n) is 4.82. The van der Waals surface area contributed by atoms with E-state index in [-0.39, 0.29) is 23.8 Å². The van der Waals surface area contributed by atoms with E-state index in [1.807, 2.05) is 0 Å². The molecule has 0 aromatic heterocycles.